The quantitative estimate of drug-likeness (QED) is 0.773. The Bertz CT molecular complexity index is 564. The fourth-order valence-corrected chi connectivity index (χ4v) is 2.82. The summed E-state index contributed by atoms with van der Waals surface area (Å²) >= 11 is 1.55. The number of hydrogen-bond donors (Lipinski definition) is 3. The Morgan fingerprint density at radius 1 is 1.58 bits per heavy atom. The van der Waals surface area contributed by atoms with Crippen LogP contribution in [0.2, 0.25) is 0 Å². The van der Waals surface area contributed by atoms with Gasteiger partial charge in [-0.3, -0.25) is 10.1 Å². The summed E-state index contributed by atoms with van der Waals surface area (Å²) in [7, 11) is 0. The Labute approximate surface area is 114 Å². The lowest BCUT2D eigenvalue weighted by Crippen LogP contribution is -2.48. The molecule has 3 heterocycles. The summed E-state index contributed by atoms with van der Waals surface area (Å²) in [6.07, 6.45) is 4.04. The number of thiazole rings is 1. The minimum Gasteiger partial charge on any atom is -0.347 e. The van der Waals surface area contributed by atoms with Crippen molar-refractivity contribution in [2.24, 2.45) is 0 Å². The molecule has 1 aliphatic rings. The fourth-order valence-electron chi connectivity index (χ4n) is 2.18. The number of aromatic amines is 1. The van der Waals surface area contributed by atoms with Crippen molar-refractivity contribution in [1.82, 2.24) is 25.6 Å². The molecule has 100 valence electrons. The van der Waals surface area contributed by atoms with E-state index < -0.39 is 0 Å². The third-order valence-electron chi connectivity index (χ3n) is 3.23. The lowest BCUT2D eigenvalue weighted by Gasteiger charge is -2.23. The molecule has 2 unspecified atom stereocenters. The maximum Gasteiger partial charge on any atom is 0.238 e. The summed E-state index contributed by atoms with van der Waals surface area (Å²) in [6.45, 7) is 2.60. The van der Waals surface area contributed by atoms with Gasteiger partial charge in [0.15, 0.2) is 0 Å². The van der Waals surface area contributed by atoms with Gasteiger partial charge in [0.1, 0.15) is 5.01 Å². The summed E-state index contributed by atoms with van der Waals surface area (Å²) in [6, 6.07) is -0.284. The number of rotatable bonds is 3. The van der Waals surface area contributed by atoms with E-state index in [4.69, 9.17) is 0 Å². The molecule has 0 saturated carbocycles. The number of fused-ring (bicyclic) bond motifs is 1. The molecule has 2 aromatic rings. The lowest BCUT2D eigenvalue weighted by atomic mass is 10.0. The normalized spacial score (nSPS) is 19.7. The van der Waals surface area contributed by atoms with E-state index in [1.807, 2.05) is 12.3 Å². The van der Waals surface area contributed by atoms with Crippen molar-refractivity contribution in [2.45, 2.75) is 32.0 Å². The Balaban J connectivity index is 1.63. The minimum absolute atomic E-state index is 0.00338. The standard InChI is InChI=1S/C12H15N5OS/c1-7(12-13-2-3-19-12)17-11(18)9-4-8-10(5-14-9)16-6-15-8/h2-3,6-7,9,14H,4-5H2,1H3,(H,15,16)(H,17,18). The number of nitrogens with zero attached hydrogens (tertiary/aromatic N) is 2. The molecule has 7 heteroatoms. The van der Waals surface area contributed by atoms with Crippen LogP contribution in [0.15, 0.2) is 17.9 Å². The highest BCUT2D eigenvalue weighted by Crippen LogP contribution is 2.16. The maximum atomic E-state index is 12.2. The van der Waals surface area contributed by atoms with Crippen LogP contribution in [-0.4, -0.2) is 26.9 Å². The van der Waals surface area contributed by atoms with Gasteiger partial charge in [-0.2, -0.15) is 0 Å². The van der Waals surface area contributed by atoms with E-state index in [0.29, 0.717) is 13.0 Å². The number of hydrogen-bond acceptors (Lipinski definition) is 5. The van der Waals surface area contributed by atoms with Crippen molar-refractivity contribution in [3.63, 3.8) is 0 Å². The van der Waals surface area contributed by atoms with Crippen LogP contribution in [0, 0.1) is 0 Å². The van der Waals surface area contributed by atoms with E-state index in [1.54, 1.807) is 23.9 Å². The van der Waals surface area contributed by atoms with E-state index in [-0.39, 0.29) is 18.0 Å². The van der Waals surface area contributed by atoms with Gasteiger partial charge in [0.2, 0.25) is 5.91 Å². The van der Waals surface area contributed by atoms with Gasteiger partial charge in [-0.15, -0.1) is 11.3 Å². The average Bonchev–Trinajstić information content (AvgIpc) is 3.09. The second-order valence-electron chi connectivity index (χ2n) is 4.57. The third-order valence-corrected chi connectivity index (χ3v) is 4.19. The molecule has 0 fully saturated rings. The average molecular weight is 277 g/mol. The molecule has 0 aliphatic carbocycles. The van der Waals surface area contributed by atoms with Crippen LogP contribution >= 0.6 is 11.3 Å². The third kappa shape index (κ3) is 2.52. The zero-order chi connectivity index (χ0) is 13.2. The number of amides is 1. The van der Waals surface area contributed by atoms with Gasteiger partial charge >= 0.3 is 0 Å². The number of aromatic nitrogens is 3. The highest BCUT2D eigenvalue weighted by atomic mass is 32.1. The first-order valence-electron chi connectivity index (χ1n) is 6.18. The van der Waals surface area contributed by atoms with Crippen molar-refractivity contribution in [3.8, 4) is 0 Å². The highest BCUT2D eigenvalue weighted by molar-refractivity contribution is 7.09. The van der Waals surface area contributed by atoms with Crippen LogP contribution in [0.5, 0.6) is 0 Å². The number of nitrogens with one attached hydrogen (secondary N) is 3. The van der Waals surface area contributed by atoms with Crippen LogP contribution in [0.25, 0.3) is 0 Å². The molecule has 3 N–H and O–H groups in total. The molecule has 3 rings (SSSR count). The second kappa shape index (κ2) is 5.10. The summed E-state index contributed by atoms with van der Waals surface area (Å²) < 4.78 is 0. The molecule has 0 aromatic carbocycles. The van der Waals surface area contributed by atoms with Gasteiger partial charge in [0.25, 0.3) is 0 Å². The Hall–Kier alpha value is -1.73. The van der Waals surface area contributed by atoms with Gasteiger partial charge in [-0.1, -0.05) is 0 Å². The van der Waals surface area contributed by atoms with Crippen LogP contribution < -0.4 is 10.6 Å². The van der Waals surface area contributed by atoms with Crippen molar-refractivity contribution >= 4 is 17.2 Å². The molecule has 6 nitrogen and oxygen atoms in total. The van der Waals surface area contributed by atoms with Gasteiger partial charge in [0.05, 0.1) is 29.8 Å². The molecule has 1 amide bonds. The second-order valence-corrected chi connectivity index (χ2v) is 5.49. The highest BCUT2D eigenvalue weighted by Gasteiger charge is 2.26. The molecule has 2 atom stereocenters. The largest absolute Gasteiger partial charge is 0.347 e. The van der Waals surface area contributed by atoms with Crippen LogP contribution in [0.1, 0.15) is 29.4 Å². The smallest absolute Gasteiger partial charge is 0.238 e. The van der Waals surface area contributed by atoms with Crippen LogP contribution in [-0.2, 0) is 17.8 Å². The van der Waals surface area contributed by atoms with E-state index in [2.05, 4.69) is 25.6 Å². The number of carbonyl (C=O) groups excluding carboxylic acids is 1. The molecule has 0 saturated heterocycles. The number of H-pyrrole nitrogens is 1. The Morgan fingerprint density at radius 2 is 2.47 bits per heavy atom. The van der Waals surface area contributed by atoms with E-state index in [9.17, 15) is 4.79 Å². The first-order valence-corrected chi connectivity index (χ1v) is 7.06. The molecular weight excluding hydrogens is 262 g/mol. The zero-order valence-electron chi connectivity index (χ0n) is 10.5. The Morgan fingerprint density at radius 3 is 3.26 bits per heavy atom. The first kappa shape index (κ1) is 12.3. The number of imidazole rings is 1. The molecular formula is C12H15N5OS. The summed E-state index contributed by atoms with van der Waals surface area (Å²) in [5, 5.41) is 9.03. The lowest BCUT2D eigenvalue weighted by molar-refractivity contribution is -0.124. The van der Waals surface area contributed by atoms with E-state index in [0.717, 1.165) is 16.4 Å². The molecule has 0 bridgehead atoms. The summed E-state index contributed by atoms with van der Waals surface area (Å²) in [5.74, 6) is -0.00338. The molecule has 2 aromatic heterocycles. The molecule has 1 aliphatic heterocycles. The maximum absolute atomic E-state index is 12.2. The monoisotopic (exact) mass is 277 g/mol. The fraction of sp³-hybridized carbons (Fsp3) is 0.417. The first-order chi connectivity index (χ1) is 9.24. The van der Waals surface area contributed by atoms with Crippen molar-refractivity contribution in [1.29, 1.82) is 0 Å². The van der Waals surface area contributed by atoms with Crippen molar-refractivity contribution in [2.75, 3.05) is 0 Å². The Kier molecular flexibility index (Phi) is 3.31. The topological polar surface area (TPSA) is 82.7 Å². The van der Waals surface area contributed by atoms with Gasteiger partial charge in [-0.25, -0.2) is 9.97 Å². The van der Waals surface area contributed by atoms with Crippen LogP contribution in [0.3, 0.4) is 0 Å². The zero-order valence-corrected chi connectivity index (χ0v) is 11.3. The van der Waals surface area contributed by atoms with E-state index >= 15 is 0 Å². The predicted molar refractivity (Wildman–Crippen MR) is 71.6 cm³/mol. The van der Waals surface area contributed by atoms with Gasteiger partial charge in [0, 0.05) is 24.5 Å². The van der Waals surface area contributed by atoms with Gasteiger partial charge < -0.3 is 10.3 Å². The minimum atomic E-state index is -0.224. The van der Waals surface area contributed by atoms with Crippen molar-refractivity contribution in [3.05, 3.63) is 34.3 Å². The number of carbonyl (C=O) groups is 1. The van der Waals surface area contributed by atoms with Crippen LogP contribution in [0.4, 0.5) is 0 Å². The van der Waals surface area contributed by atoms with E-state index in [1.165, 1.54) is 0 Å². The van der Waals surface area contributed by atoms with Gasteiger partial charge in [-0.05, 0) is 6.92 Å². The van der Waals surface area contributed by atoms with Crippen molar-refractivity contribution < 1.29 is 4.79 Å². The SMILES string of the molecule is CC(NC(=O)C1Cc2nc[nH]c2CN1)c1nccs1. The molecule has 19 heavy (non-hydrogen) atoms. The molecule has 0 radical (unpaired) electrons. The molecule has 0 spiro atoms. The summed E-state index contributed by atoms with van der Waals surface area (Å²) in [5.41, 5.74) is 2.04. The summed E-state index contributed by atoms with van der Waals surface area (Å²) in [4.78, 5) is 23.7. The predicted octanol–water partition coefficient (Wildman–Crippen LogP) is 0.758.